The van der Waals surface area contributed by atoms with Crippen LogP contribution in [0.15, 0.2) is 35.2 Å². The lowest BCUT2D eigenvalue weighted by Gasteiger charge is -2.11. The van der Waals surface area contributed by atoms with Crippen LogP contribution in [0.1, 0.15) is 11.1 Å². The Morgan fingerprint density at radius 1 is 1.30 bits per heavy atom. The first-order valence-electron chi connectivity index (χ1n) is 5.87. The molecular weight excluding hydrogens is 275 g/mol. The van der Waals surface area contributed by atoms with Crippen LogP contribution in [0.25, 0.3) is 0 Å². The molecule has 0 saturated carbocycles. The highest BCUT2D eigenvalue weighted by Crippen LogP contribution is 2.33. The molecule has 2 rings (SSSR count). The molecule has 5 heteroatoms. The molecule has 0 aliphatic heterocycles. The summed E-state index contributed by atoms with van der Waals surface area (Å²) in [5.74, 6) is -0.152. The number of nitrogens with two attached hydrogens (primary N) is 1. The van der Waals surface area contributed by atoms with Crippen LogP contribution >= 0.6 is 11.8 Å². The molecule has 0 bridgehead atoms. The Morgan fingerprint density at radius 2 is 2.05 bits per heavy atom. The molecule has 0 radical (unpaired) electrons. The van der Waals surface area contributed by atoms with E-state index in [0.717, 1.165) is 10.5 Å². The molecule has 0 spiro atoms. The van der Waals surface area contributed by atoms with E-state index in [1.54, 1.807) is 19.1 Å². The monoisotopic (exact) mass is 288 g/mol. The molecule has 102 valence electrons. The number of aryl methyl sites for hydroxylation is 1. The molecule has 2 aromatic rings. The van der Waals surface area contributed by atoms with Crippen molar-refractivity contribution in [1.82, 2.24) is 0 Å². The van der Waals surface area contributed by atoms with Crippen molar-refractivity contribution < 1.29 is 9.13 Å². The maximum Gasteiger partial charge on any atom is 0.167 e. The Kier molecular flexibility index (Phi) is 4.16. The van der Waals surface area contributed by atoms with Gasteiger partial charge >= 0.3 is 0 Å². The molecular formula is C15H13FN2OS. The van der Waals surface area contributed by atoms with E-state index in [0.29, 0.717) is 17.0 Å². The first-order chi connectivity index (χ1) is 9.56. The zero-order valence-electron chi connectivity index (χ0n) is 11.1. The van der Waals surface area contributed by atoms with E-state index < -0.39 is 5.82 Å². The highest BCUT2D eigenvalue weighted by atomic mass is 32.2. The number of ether oxygens (including phenoxy) is 1. The third-order valence-corrected chi connectivity index (χ3v) is 3.64. The smallest absolute Gasteiger partial charge is 0.167 e. The Labute approximate surface area is 121 Å². The molecule has 0 aromatic heterocycles. The second-order valence-corrected chi connectivity index (χ2v) is 5.03. The van der Waals surface area contributed by atoms with Gasteiger partial charge in [-0.2, -0.15) is 5.26 Å². The fourth-order valence-electron chi connectivity index (χ4n) is 1.74. The predicted octanol–water partition coefficient (Wildman–Crippen LogP) is 4.10. The van der Waals surface area contributed by atoms with E-state index >= 15 is 0 Å². The van der Waals surface area contributed by atoms with Crippen molar-refractivity contribution in [1.29, 1.82) is 5.26 Å². The second-order valence-electron chi connectivity index (χ2n) is 4.19. The molecule has 0 aliphatic carbocycles. The maximum atomic E-state index is 13.8. The predicted molar refractivity (Wildman–Crippen MR) is 78.6 cm³/mol. The number of halogens is 1. The molecule has 2 aromatic carbocycles. The van der Waals surface area contributed by atoms with E-state index in [9.17, 15) is 9.65 Å². The van der Waals surface area contributed by atoms with Crippen molar-refractivity contribution in [3.63, 3.8) is 0 Å². The van der Waals surface area contributed by atoms with Gasteiger partial charge in [0.15, 0.2) is 11.6 Å². The SMILES string of the molecule is CSc1cccc(Oc2cc(C)c(N)cc2F)c1C#N. The summed E-state index contributed by atoms with van der Waals surface area (Å²) in [5.41, 5.74) is 7.12. The van der Waals surface area contributed by atoms with E-state index in [-0.39, 0.29) is 5.75 Å². The van der Waals surface area contributed by atoms with Crippen molar-refractivity contribution in [2.75, 3.05) is 12.0 Å². The minimum Gasteiger partial charge on any atom is -0.453 e. The molecule has 3 nitrogen and oxygen atoms in total. The van der Waals surface area contributed by atoms with Gasteiger partial charge in [-0.25, -0.2) is 4.39 Å². The highest BCUT2D eigenvalue weighted by molar-refractivity contribution is 7.98. The van der Waals surface area contributed by atoms with Crippen LogP contribution in [0.4, 0.5) is 10.1 Å². The molecule has 0 heterocycles. The van der Waals surface area contributed by atoms with E-state index in [1.165, 1.54) is 23.9 Å². The normalized spacial score (nSPS) is 10.1. The van der Waals surface area contributed by atoms with Crippen LogP contribution in [0.2, 0.25) is 0 Å². The van der Waals surface area contributed by atoms with Crippen LogP contribution in [0, 0.1) is 24.1 Å². The van der Waals surface area contributed by atoms with Gasteiger partial charge in [0.25, 0.3) is 0 Å². The molecule has 2 N–H and O–H groups in total. The average Bonchev–Trinajstić information content (AvgIpc) is 2.44. The first kappa shape index (κ1) is 14.2. The van der Waals surface area contributed by atoms with Crippen molar-refractivity contribution in [3.8, 4) is 17.6 Å². The Morgan fingerprint density at radius 3 is 2.70 bits per heavy atom. The van der Waals surface area contributed by atoms with Gasteiger partial charge in [0.2, 0.25) is 0 Å². The standard InChI is InChI=1S/C15H13FN2OS/c1-9-6-14(11(16)7-12(9)18)19-13-4-3-5-15(20-2)10(13)8-17/h3-7H,18H2,1-2H3. The number of anilines is 1. The van der Waals surface area contributed by atoms with Gasteiger partial charge in [-0.15, -0.1) is 11.8 Å². The van der Waals surface area contributed by atoms with Gasteiger partial charge in [0.1, 0.15) is 17.4 Å². The summed E-state index contributed by atoms with van der Waals surface area (Å²) in [5, 5.41) is 9.22. The summed E-state index contributed by atoms with van der Waals surface area (Å²) in [6.45, 7) is 1.77. The first-order valence-corrected chi connectivity index (χ1v) is 7.10. The number of benzene rings is 2. The van der Waals surface area contributed by atoms with Crippen LogP contribution < -0.4 is 10.5 Å². The lowest BCUT2D eigenvalue weighted by Crippen LogP contribution is -1.96. The Balaban J connectivity index is 2.46. The maximum absolute atomic E-state index is 13.8. The summed E-state index contributed by atoms with van der Waals surface area (Å²) < 4.78 is 19.4. The highest BCUT2D eigenvalue weighted by Gasteiger charge is 2.13. The molecule has 0 aliphatic rings. The van der Waals surface area contributed by atoms with Gasteiger partial charge in [-0.1, -0.05) is 6.07 Å². The third kappa shape index (κ3) is 2.70. The van der Waals surface area contributed by atoms with Crippen LogP contribution in [0.5, 0.6) is 11.5 Å². The largest absolute Gasteiger partial charge is 0.453 e. The minimum atomic E-state index is -0.549. The van der Waals surface area contributed by atoms with Crippen molar-refractivity contribution in [2.45, 2.75) is 11.8 Å². The second kappa shape index (κ2) is 5.85. The molecule has 0 saturated heterocycles. The lowest BCUT2D eigenvalue weighted by molar-refractivity contribution is 0.440. The fourth-order valence-corrected chi connectivity index (χ4v) is 2.31. The summed E-state index contributed by atoms with van der Waals surface area (Å²) in [6, 6.07) is 10.1. The van der Waals surface area contributed by atoms with Crippen molar-refractivity contribution in [2.24, 2.45) is 0 Å². The summed E-state index contributed by atoms with van der Waals surface area (Å²) in [6.07, 6.45) is 1.87. The number of rotatable bonds is 3. The van der Waals surface area contributed by atoms with Crippen LogP contribution in [-0.2, 0) is 0 Å². The number of nitrogens with zero attached hydrogens (tertiary/aromatic N) is 1. The van der Waals surface area contributed by atoms with Gasteiger partial charge in [0, 0.05) is 16.6 Å². The molecule has 0 unspecified atom stereocenters. The Hall–Kier alpha value is -2.19. The van der Waals surface area contributed by atoms with Crippen molar-refractivity contribution >= 4 is 17.4 Å². The van der Waals surface area contributed by atoms with Gasteiger partial charge in [0.05, 0.1) is 0 Å². The lowest BCUT2D eigenvalue weighted by atomic mass is 10.2. The third-order valence-electron chi connectivity index (χ3n) is 2.86. The van der Waals surface area contributed by atoms with Gasteiger partial charge in [-0.3, -0.25) is 0 Å². The number of hydrogen-bond donors (Lipinski definition) is 1. The number of nitrogen functional groups attached to an aromatic ring is 1. The Bertz CT molecular complexity index is 695. The quantitative estimate of drug-likeness (QED) is 0.682. The van der Waals surface area contributed by atoms with Crippen LogP contribution in [-0.4, -0.2) is 6.26 Å². The number of thioether (sulfide) groups is 1. The molecule has 0 atom stereocenters. The van der Waals surface area contributed by atoms with Gasteiger partial charge < -0.3 is 10.5 Å². The van der Waals surface area contributed by atoms with Gasteiger partial charge in [-0.05, 0) is 36.9 Å². The van der Waals surface area contributed by atoms with E-state index in [4.69, 9.17) is 10.5 Å². The van der Waals surface area contributed by atoms with Crippen LogP contribution in [0.3, 0.4) is 0 Å². The van der Waals surface area contributed by atoms with E-state index in [1.807, 2.05) is 12.3 Å². The van der Waals surface area contributed by atoms with E-state index in [2.05, 4.69) is 6.07 Å². The zero-order chi connectivity index (χ0) is 14.7. The number of nitriles is 1. The molecule has 20 heavy (non-hydrogen) atoms. The minimum absolute atomic E-state index is 0.0615. The van der Waals surface area contributed by atoms with Crippen molar-refractivity contribution in [3.05, 3.63) is 47.3 Å². The molecule has 0 amide bonds. The number of hydrogen-bond acceptors (Lipinski definition) is 4. The molecule has 0 fully saturated rings. The topological polar surface area (TPSA) is 59.0 Å². The average molecular weight is 288 g/mol. The summed E-state index contributed by atoms with van der Waals surface area (Å²) in [7, 11) is 0. The fraction of sp³-hybridized carbons (Fsp3) is 0.133. The summed E-state index contributed by atoms with van der Waals surface area (Å²) >= 11 is 1.44. The zero-order valence-corrected chi connectivity index (χ0v) is 11.9. The summed E-state index contributed by atoms with van der Waals surface area (Å²) in [4.78, 5) is 0.789.